The molecule has 4 nitrogen and oxygen atoms in total. The van der Waals surface area contributed by atoms with E-state index in [1.807, 2.05) is 0 Å². The number of imidazole rings is 1. The summed E-state index contributed by atoms with van der Waals surface area (Å²) in [7, 11) is 1.27. The van der Waals surface area contributed by atoms with E-state index in [0.29, 0.717) is 10.3 Å². The van der Waals surface area contributed by atoms with Gasteiger partial charge in [-0.25, -0.2) is 9.37 Å². The topological polar surface area (TPSA) is 55.0 Å². The van der Waals surface area contributed by atoms with E-state index in [0.717, 1.165) is 0 Å². The Kier molecular flexibility index (Phi) is 2.91. The standard InChI is InChI=1S/C10H8BrFN2O2/c1-16-7(15)4-5-2-3-6-9(8(5)12)14-10(11)13-6/h2-3H,4H2,1H3,(H,13,14). The van der Waals surface area contributed by atoms with Crippen LogP contribution in [0.4, 0.5) is 4.39 Å². The third kappa shape index (κ3) is 1.92. The van der Waals surface area contributed by atoms with E-state index in [-0.39, 0.29) is 17.5 Å². The van der Waals surface area contributed by atoms with Crippen molar-refractivity contribution in [2.45, 2.75) is 6.42 Å². The number of benzene rings is 1. The van der Waals surface area contributed by atoms with Gasteiger partial charge in [0.05, 0.1) is 19.0 Å². The number of rotatable bonds is 2. The zero-order chi connectivity index (χ0) is 11.7. The van der Waals surface area contributed by atoms with Gasteiger partial charge in [-0.05, 0) is 22.0 Å². The molecule has 1 aromatic heterocycles. The molecule has 0 saturated carbocycles. The summed E-state index contributed by atoms with van der Waals surface area (Å²) in [5.74, 6) is -0.974. The average molecular weight is 287 g/mol. The Hall–Kier alpha value is -1.43. The Balaban J connectivity index is 2.47. The number of nitrogens with one attached hydrogen (secondary N) is 1. The highest BCUT2D eigenvalue weighted by Gasteiger charge is 2.13. The Bertz CT molecular complexity index is 553. The lowest BCUT2D eigenvalue weighted by Gasteiger charge is -2.01. The molecule has 16 heavy (non-hydrogen) atoms. The van der Waals surface area contributed by atoms with Crippen LogP contribution >= 0.6 is 15.9 Å². The van der Waals surface area contributed by atoms with Crippen molar-refractivity contribution in [3.63, 3.8) is 0 Å². The van der Waals surface area contributed by atoms with Crippen molar-refractivity contribution in [2.75, 3.05) is 7.11 Å². The van der Waals surface area contributed by atoms with Gasteiger partial charge in [0.25, 0.3) is 0 Å². The second kappa shape index (κ2) is 4.21. The first kappa shape index (κ1) is 11.1. The zero-order valence-electron chi connectivity index (χ0n) is 8.38. The van der Waals surface area contributed by atoms with E-state index < -0.39 is 11.8 Å². The molecule has 0 fully saturated rings. The largest absolute Gasteiger partial charge is 0.469 e. The third-order valence-electron chi connectivity index (χ3n) is 2.21. The van der Waals surface area contributed by atoms with Gasteiger partial charge in [0, 0.05) is 5.56 Å². The predicted molar refractivity (Wildman–Crippen MR) is 59.5 cm³/mol. The maximum atomic E-state index is 13.9. The number of fused-ring (bicyclic) bond motifs is 1. The van der Waals surface area contributed by atoms with Crippen molar-refractivity contribution in [1.82, 2.24) is 9.97 Å². The highest BCUT2D eigenvalue weighted by Crippen LogP contribution is 2.21. The molecule has 0 aliphatic carbocycles. The number of H-pyrrole nitrogens is 1. The van der Waals surface area contributed by atoms with Gasteiger partial charge in [-0.2, -0.15) is 0 Å². The van der Waals surface area contributed by atoms with Gasteiger partial charge < -0.3 is 9.72 Å². The van der Waals surface area contributed by atoms with Crippen molar-refractivity contribution in [2.24, 2.45) is 0 Å². The first-order valence-corrected chi connectivity index (χ1v) is 5.30. The molecule has 0 atom stereocenters. The van der Waals surface area contributed by atoms with Gasteiger partial charge >= 0.3 is 5.97 Å². The van der Waals surface area contributed by atoms with Gasteiger partial charge in [-0.15, -0.1) is 0 Å². The number of hydrogen-bond acceptors (Lipinski definition) is 3. The highest BCUT2D eigenvalue weighted by atomic mass is 79.9. The van der Waals surface area contributed by atoms with Crippen LogP contribution in [0.1, 0.15) is 5.56 Å². The SMILES string of the molecule is COC(=O)Cc1ccc2[nH]c(Br)nc2c1F. The molecule has 2 rings (SSSR count). The second-order valence-electron chi connectivity index (χ2n) is 3.22. The van der Waals surface area contributed by atoms with Crippen molar-refractivity contribution >= 4 is 32.9 Å². The Morgan fingerprint density at radius 2 is 2.38 bits per heavy atom. The molecule has 0 aliphatic heterocycles. The maximum Gasteiger partial charge on any atom is 0.310 e. The molecule has 0 amide bonds. The third-order valence-corrected chi connectivity index (χ3v) is 2.58. The van der Waals surface area contributed by atoms with Gasteiger partial charge in [-0.3, -0.25) is 4.79 Å². The normalized spacial score (nSPS) is 10.7. The quantitative estimate of drug-likeness (QED) is 0.861. The lowest BCUT2D eigenvalue weighted by Crippen LogP contribution is -2.06. The zero-order valence-corrected chi connectivity index (χ0v) is 9.97. The summed E-state index contributed by atoms with van der Waals surface area (Å²) in [6.45, 7) is 0. The molecule has 0 bridgehead atoms. The molecular formula is C10H8BrFN2O2. The summed E-state index contributed by atoms with van der Waals surface area (Å²) in [5.41, 5.74) is 1.07. The molecule has 84 valence electrons. The van der Waals surface area contributed by atoms with Crippen molar-refractivity contribution in [1.29, 1.82) is 0 Å². The van der Waals surface area contributed by atoms with Crippen molar-refractivity contribution in [3.05, 3.63) is 28.2 Å². The van der Waals surface area contributed by atoms with Gasteiger partial charge in [0.2, 0.25) is 0 Å². The number of halogens is 2. The Morgan fingerprint density at radius 1 is 1.62 bits per heavy atom. The molecule has 6 heteroatoms. The lowest BCUT2D eigenvalue weighted by atomic mass is 10.1. The minimum atomic E-state index is -0.496. The number of esters is 1. The molecule has 1 N–H and O–H groups in total. The van der Waals surface area contributed by atoms with Crippen LogP contribution < -0.4 is 0 Å². The molecule has 1 aromatic carbocycles. The molecule has 2 aromatic rings. The number of nitrogens with zero attached hydrogens (tertiary/aromatic N) is 1. The summed E-state index contributed by atoms with van der Waals surface area (Å²) in [4.78, 5) is 17.8. The number of carbonyl (C=O) groups is 1. The molecule has 0 unspecified atom stereocenters. The number of methoxy groups -OCH3 is 1. The highest BCUT2D eigenvalue weighted by molar-refractivity contribution is 9.10. The molecule has 1 heterocycles. The van der Waals surface area contributed by atoms with E-state index in [4.69, 9.17) is 0 Å². The number of hydrogen-bond donors (Lipinski definition) is 1. The van der Waals surface area contributed by atoms with Crippen LogP contribution in [0.2, 0.25) is 0 Å². The first-order chi connectivity index (χ1) is 7.61. The lowest BCUT2D eigenvalue weighted by molar-refractivity contribution is -0.139. The first-order valence-electron chi connectivity index (χ1n) is 4.51. The molecule has 0 spiro atoms. The van der Waals surface area contributed by atoms with Crippen molar-refractivity contribution in [3.8, 4) is 0 Å². The molecule has 0 radical (unpaired) electrons. The molecule has 0 aliphatic rings. The molecular weight excluding hydrogens is 279 g/mol. The van der Waals surface area contributed by atoms with Crippen molar-refractivity contribution < 1.29 is 13.9 Å². The Morgan fingerprint density at radius 3 is 3.06 bits per heavy atom. The summed E-state index contributed by atoms with van der Waals surface area (Å²) in [5, 5.41) is 0. The van der Waals surface area contributed by atoms with Crippen LogP contribution in [0, 0.1) is 5.82 Å². The summed E-state index contributed by atoms with van der Waals surface area (Å²) >= 11 is 3.12. The summed E-state index contributed by atoms with van der Waals surface area (Å²) < 4.78 is 18.8. The maximum absolute atomic E-state index is 13.9. The van der Waals surface area contributed by atoms with Crippen LogP contribution in [0.15, 0.2) is 16.9 Å². The number of aromatic nitrogens is 2. The fourth-order valence-corrected chi connectivity index (χ4v) is 1.81. The smallest absolute Gasteiger partial charge is 0.310 e. The van der Waals surface area contributed by atoms with Crippen LogP contribution in [0.3, 0.4) is 0 Å². The summed E-state index contributed by atoms with van der Waals surface area (Å²) in [6, 6.07) is 3.22. The van der Waals surface area contributed by atoms with Gasteiger partial charge in [0.15, 0.2) is 10.6 Å². The van der Waals surface area contributed by atoms with Crippen LogP contribution in [-0.2, 0) is 16.0 Å². The van der Waals surface area contributed by atoms with E-state index in [9.17, 15) is 9.18 Å². The second-order valence-corrected chi connectivity index (χ2v) is 3.97. The van der Waals surface area contributed by atoms with Crippen LogP contribution in [0.25, 0.3) is 11.0 Å². The fraction of sp³-hybridized carbons (Fsp3) is 0.200. The van der Waals surface area contributed by atoms with E-state index >= 15 is 0 Å². The minimum Gasteiger partial charge on any atom is -0.469 e. The Labute approximate surface area is 98.9 Å². The summed E-state index contributed by atoms with van der Waals surface area (Å²) in [6.07, 6.45) is -0.0945. The average Bonchev–Trinajstić information content (AvgIpc) is 2.64. The minimum absolute atomic E-state index is 0.0945. The molecule has 0 saturated heterocycles. The van der Waals surface area contributed by atoms with Gasteiger partial charge in [0.1, 0.15) is 5.52 Å². The predicted octanol–water partition coefficient (Wildman–Crippen LogP) is 2.18. The monoisotopic (exact) mass is 286 g/mol. The fourth-order valence-electron chi connectivity index (χ4n) is 1.42. The van der Waals surface area contributed by atoms with E-state index in [2.05, 4.69) is 30.6 Å². The number of carbonyl (C=O) groups excluding carboxylic acids is 1. The van der Waals surface area contributed by atoms with E-state index in [1.165, 1.54) is 7.11 Å². The van der Waals surface area contributed by atoms with Gasteiger partial charge in [-0.1, -0.05) is 6.07 Å². The van der Waals surface area contributed by atoms with Crippen LogP contribution in [-0.4, -0.2) is 23.0 Å². The van der Waals surface area contributed by atoms with Crippen LogP contribution in [0.5, 0.6) is 0 Å². The van der Waals surface area contributed by atoms with E-state index in [1.54, 1.807) is 12.1 Å². The number of aromatic amines is 1. The number of ether oxygens (including phenoxy) is 1.